The van der Waals surface area contributed by atoms with Gasteiger partial charge in [-0.3, -0.25) is 4.79 Å². The van der Waals surface area contributed by atoms with Crippen molar-refractivity contribution < 1.29 is 9.53 Å². The summed E-state index contributed by atoms with van der Waals surface area (Å²) in [6, 6.07) is 8.35. The summed E-state index contributed by atoms with van der Waals surface area (Å²) in [6.07, 6.45) is 0.870. The van der Waals surface area contributed by atoms with E-state index >= 15 is 0 Å². The standard InChI is InChI=1S/C15H19N3O2S/c1-9-4-3-5-10(8-9)6-7-18-15-12(20-2)11(16)13(21-15)14(17)19/h3-5,8,18H,6-7,16H2,1-2H3,(H2,17,19). The topological polar surface area (TPSA) is 90.4 Å². The number of aryl methyl sites for hydroxylation is 1. The molecule has 1 aromatic carbocycles. The van der Waals surface area contributed by atoms with Crippen LogP contribution in [-0.4, -0.2) is 19.6 Å². The smallest absolute Gasteiger partial charge is 0.261 e. The number of hydrogen-bond acceptors (Lipinski definition) is 5. The van der Waals surface area contributed by atoms with Gasteiger partial charge in [0.15, 0.2) is 5.75 Å². The molecule has 0 atom stereocenters. The highest BCUT2D eigenvalue weighted by atomic mass is 32.1. The van der Waals surface area contributed by atoms with Gasteiger partial charge in [0.2, 0.25) is 0 Å². The Hall–Kier alpha value is -2.21. The molecule has 5 nitrogen and oxygen atoms in total. The summed E-state index contributed by atoms with van der Waals surface area (Å²) in [6.45, 7) is 2.79. The number of carbonyl (C=O) groups excluding carboxylic acids is 1. The Balaban J connectivity index is 2.06. The van der Waals surface area contributed by atoms with Crippen LogP contribution >= 0.6 is 11.3 Å². The van der Waals surface area contributed by atoms with E-state index in [1.165, 1.54) is 29.6 Å². The van der Waals surface area contributed by atoms with Crippen molar-refractivity contribution in [1.29, 1.82) is 0 Å². The molecule has 2 rings (SSSR count). The van der Waals surface area contributed by atoms with E-state index in [9.17, 15) is 4.79 Å². The summed E-state index contributed by atoms with van der Waals surface area (Å²) in [4.78, 5) is 11.6. The van der Waals surface area contributed by atoms with Crippen molar-refractivity contribution in [2.45, 2.75) is 13.3 Å². The minimum atomic E-state index is -0.539. The maximum absolute atomic E-state index is 11.3. The third kappa shape index (κ3) is 3.46. The van der Waals surface area contributed by atoms with Crippen LogP contribution in [0.3, 0.4) is 0 Å². The lowest BCUT2D eigenvalue weighted by molar-refractivity contribution is 0.100. The first-order valence-corrected chi connectivity index (χ1v) is 7.40. The quantitative estimate of drug-likeness (QED) is 0.764. The van der Waals surface area contributed by atoms with Gasteiger partial charge >= 0.3 is 0 Å². The van der Waals surface area contributed by atoms with Crippen LogP contribution in [0.5, 0.6) is 5.75 Å². The Labute approximate surface area is 127 Å². The van der Waals surface area contributed by atoms with Gasteiger partial charge in [-0.2, -0.15) is 0 Å². The molecule has 0 saturated heterocycles. The molecule has 0 bridgehead atoms. The third-order valence-electron chi connectivity index (χ3n) is 3.11. The number of rotatable bonds is 6. The number of methoxy groups -OCH3 is 1. The van der Waals surface area contributed by atoms with E-state index in [1.54, 1.807) is 0 Å². The first-order valence-electron chi connectivity index (χ1n) is 6.58. The number of thiophene rings is 1. The van der Waals surface area contributed by atoms with Crippen molar-refractivity contribution in [3.8, 4) is 5.75 Å². The molecule has 0 aliphatic rings. The van der Waals surface area contributed by atoms with Crippen molar-refractivity contribution in [3.05, 3.63) is 40.3 Å². The molecule has 0 fully saturated rings. The SMILES string of the molecule is COc1c(NCCc2cccc(C)c2)sc(C(N)=O)c1N. The number of nitrogen functional groups attached to an aromatic ring is 1. The molecular weight excluding hydrogens is 286 g/mol. The highest BCUT2D eigenvalue weighted by Crippen LogP contribution is 2.42. The predicted molar refractivity (Wildman–Crippen MR) is 87.2 cm³/mol. The molecule has 0 spiro atoms. The lowest BCUT2D eigenvalue weighted by Gasteiger charge is -2.07. The van der Waals surface area contributed by atoms with Gasteiger partial charge < -0.3 is 21.5 Å². The van der Waals surface area contributed by atoms with Crippen LogP contribution < -0.4 is 21.5 Å². The van der Waals surface area contributed by atoms with Gasteiger partial charge in [-0.25, -0.2) is 0 Å². The van der Waals surface area contributed by atoms with Gasteiger partial charge in [0.1, 0.15) is 15.6 Å². The van der Waals surface area contributed by atoms with E-state index in [0.717, 1.165) is 18.0 Å². The molecule has 1 heterocycles. The normalized spacial score (nSPS) is 10.4. The number of carbonyl (C=O) groups is 1. The largest absolute Gasteiger partial charge is 0.492 e. The summed E-state index contributed by atoms with van der Waals surface area (Å²) in [5.74, 6) is -0.0550. The minimum absolute atomic E-state index is 0.299. The summed E-state index contributed by atoms with van der Waals surface area (Å²) < 4.78 is 5.24. The zero-order chi connectivity index (χ0) is 15.4. The van der Waals surface area contributed by atoms with E-state index < -0.39 is 5.91 Å². The van der Waals surface area contributed by atoms with Crippen molar-refractivity contribution in [2.75, 3.05) is 24.7 Å². The van der Waals surface area contributed by atoms with Gasteiger partial charge in [0, 0.05) is 6.54 Å². The molecule has 6 heteroatoms. The fourth-order valence-corrected chi connectivity index (χ4v) is 3.09. The highest BCUT2D eigenvalue weighted by Gasteiger charge is 2.19. The van der Waals surface area contributed by atoms with Gasteiger partial charge in [-0.1, -0.05) is 29.8 Å². The first-order chi connectivity index (χ1) is 10.0. The molecule has 1 aromatic heterocycles. The number of ether oxygens (including phenoxy) is 1. The molecule has 0 aliphatic heterocycles. The molecule has 0 saturated carbocycles. The second-order valence-electron chi connectivity index (χ2n) is 4.74. The molecule has 5 N–H and O–H groups in total. The van der Waals surface area contributed by atoms with Crippen LogP contribution in [0.15, 0.2) is 24.3 Å². The van der Waals surface area contributed by atoms with Crippen LogP contribution in [0, 0.1) is 6.92 Å². The van der Waals surface area contributed by atoms with Gasteiger partial charge in [0.25, 0.3) is 5.91 Å². The first kappa shape index (κ1) is 15.2. The second kappa shape index (κ2) is 6.49. The average molecular weight is 305 g/mol. The number of nitrogens with two attached hydrogens (primary N) is 2. The van der Waals surface area contributed by atoms with Crippen LogP contribution in [0.1, 0.15) is 20.8 Å². The molecule has 2 aromatic rings. The number of benzene rings is 1. The summed E-state index contributed by atoms with van der Waals surface area (Å²) in [5.41, 5.74) is 13.9. The van der Waals surface area contributed by atoms with E-state index in [4.69, 9.17) is 16.2 Å². The maximum Gasteiger partial charge on any atom is 0.261 e. The molecule has 0 radical (unpaired) electrons. The number of hydrogen-bond donors (Lipinski definition) is 3. The predicted octanol–water partition coefficient (Wildman–Crippen LogP) is 2.40. The van der Waals surface area contributed by atoms with Crippen molar-refractivity contribution in [3.63, 3.8) is 0 Å². The van der Waals surface area contributed by atoms with Crippen LogP contribution in [0.4, 0.5) is 10.7 Å². The average Bonchev–Trinajstić information content (AvgIpc) is 2.75. The van der Waals surface area contributed by atoms with Crippen LogP contribution in [-0.2, 0) is 6.42 Å². The Morgan fingerprint density at radius 2 is 2.19 bits per heavy atom. The lowest BCUT2D eigenvalue weighted by Crippen LogP contribution is -2.10. The number of nitrogens with one attached hydrogen (secondary N) is 1. The molecule has 0 aliphatic carbocycles. The van der Waals surface area contributed by atoms with Crippen LogP contribution in [0.2, 0.25) is 0 Å². The Bertz CT molecular complexity index is 652. The summed E-state index contributed by atoms with van der Waals surface area (Å²) >= 11 is 1.22. The zero-order valence-electron chi connectivity index (χ0n) is 12.1. The summed E-state index contributed by atoms with van der Waals surface area (Å²) in [5, 5.41) is 3.99. The molecule has 1 amide bonds. The minimum Gasteiger partial charge on any atom is -0.492 e. The molecule has 0 unspecified atom stereocenters. The third-order valence-corrected chi connectivity index (χ3v) is 4.27. The summed E-state index contributed by atoms with van der Waals surface area (Å²) in [7, 11) is 1.52. The molecular formula is C15H19N3O2S. The van der Waals surface area contributed by atoms with Crippen molar-refractivity contribution in [1.82, 2.24) is 0 Å². The van der Waals surface area contributed by atoms with Gasteiger partial charge in [-0.05, 0) is 18.9 Å². The van der Waals surface area contributed by atoms with Crippen molar-refractivity contribution >= 4 is 27.9 Å². The number of amides is 1. The Kier molecular flexibility index (Phi) is 4.70. The second-order valence-corrected chi connectivity index (χ2v) is 5.76. The molecule has 112 valence electrons. The monoisotopic (exact) mass is 305 g/mol. The lowest BCUT2D eigenvalue weighted by atomic mass is 10.1. The zero-order valence-corrected chi connectivity index (χ0v) is 12.9. The number of anilines is 2. The van der Waals surface area contributed by atoms with E-state index in [2.05, 4.69) is 30.4 Å². The Morgan fingerprint density at radius 3 is 2.81 bits per heavy atom. The van der Waals surface area contributed by atoms with Crippen LogP contribution in [0.25, 0.3) is 0 Å². The molecule has 21 heavy (non-hydrogen) atoms. The Morgan fingerprint density at radius 1 is 1.43 bits per heavy atom. The van der Waals surface area contributed by atoms with Crippen molar-refractivity contribution in [2.24, 2.45) is 5.73 Å². The van der Waals surface area contributed by atoms with E-state index in [0.29, 0.717) is 16.3 Å². The fraction of sp³-hybridized carbons (Fsp3) is 0.267. The van der Waals surface area contributed by atoms with Gasteiger partial charge in [0.05, 0.1) is 7.11 Å². The van der Waals surface area contributed by atoms with E-state index in [-0.39, 0.29) is 0 Å². The van der Waals surface area contributed by atoms with Gasteiger partial charge in [-0.15, -0.1) is 11.3 Å². The maximum atomic E-state index is 11.3. The fourth-order valence-electron chi connectivity index (χ4n) is 2.12. The van der Waals surface area contributed by atoms with E-state index in [1.807, 2.05) is 6.07 Å². The number of primary amides is 1. The highest BCUT2D eigenvalue weighted by molar-refractivity contribution is 7.19.